The van der Waals surface area contributed by atoms with Gasteiger partial charge < -0.3 is 5.32 Å². The van der Waals surface area contributed by atoms with Gasteiger partial charge in [-0.25, -0.2) is 0 Å². The summed E-state index contributed by atoms with van der Waals surface area (Å²) >= 11 is 1.65. The van der Waals surface area contributed by atoms with Crippen LogP contribution in [-0.2, 0) is 0 Å². The molecule has 0 aromatic heterocycles. The molecule has 0 bridgehead atoms. The molecule has 0 saturated carbocycles. The Balaban J connectivity index is 2.10. The van der Waals surface area contributed by atoms with Gasteiger partial charge in [0.1, 0.15) is 0 Å². The maximum atomic E-state index is 12.4. The molecule has 0 radical (unpaired) electrons. The van der Waals surface area contributed by atoms with Crippen LogP contribution in [0.25, 0.3) is 0 Å². The van der Waals surface area contributed by atoms with E-state index in [1.807, 2.05) is 36.4 Å². The highest BCUT2D eigenvalue weighted by molar-refractivity contribution is 7.99. The van der Waals surface area contributed by atoms with Crippen molar-refractivity contribution >= 4 is 17.7 Å². The molecule has 0 heterocycles. The van der Waals surface area contributed by atoms with E-state index in [0.29, 0.717) is 0 Å². The molecule has 22 heavy (non-hydrogen) atoms. The molecule has 3 heteroatoms. The van der Waals surface area contributed by atoms with Crippen LogP contribution in [0.5, 0.6) is 0 Å². The molecule has 0 saturated heterocycles. The predicted molar refractivity (Wildman–Crippen MR) is 93.6 cm³/mol. The third-order valence-corrected chi connectivity index (χ3v) is 4.76. The van der Waals surface area contributed by atoms with Gasteiger partial charge in [0.25, 0.3) is 5.91 Å². The second kappa shape index (κ2) is 8.64. The van der Waals surface area contributed by atoms with Crippen molar-refractivity contribution in [3.8, 4) is 0 Å². The van der Waals surface area contributed by atoms with Gasteiger partial charge in [0, 0.05) is 16.3 Å². The first kappa shape index (κ1) is 16.6. The van der Waals surface area contributed by atoms with E-state index in [2.05, 4.69) is 31.3 Å². The fourth-order valence-electron chi connectivity index (χ4n) is 2.20. The maximum Gasteiger partial charge on any atom is 0.252 e. The van der Waals surface area contributed by atoms with Gasteiger partial charge in [0.2, 0.25) is 0 Å². The number of aryl methyl sites for hydroxylation is 1. The summed E-state index contributed by atoms with van der Waals surface area (Å²) in [5, 5.41) is 3.02. The third-order valence-electron chi connectivity index (χ3n) is 3.51. The van der Waals surface area contributed by atoms with Crippen molar-refractivity contribution in [2.24, 2.45) is 0 Å². The average Bonchev–Trinajstić information content (AvgIpc) is 2.54. The summed E-state index contributed by atoms with van der Waals surface area (Å²) in [4.78, 5) is 14.6. The van der Waals surface area contributed by atoms with Crippen LogP contribution in [-0.4, -0.2) is 12.5 Å². The van der Waals surface area contributed by atoms with E-state index in [1.165, 1.54) is 10.5 Å². The lowest BCUT2D eigenvalue weighted by molar-refractivity contribution is 0.0950. The smallest absolute Gasteiger partial charge is 0.252 e. The number of nitrogens with one attached hydrogen (secondary N) is 1. The lowest BCUT2D eigenvalue weighted by atomic mass is 10.2. The monoisotopic (exact) mass is 313 g/mol. The molecule has 1 amide bonds. The molecule has 2 nitrogen and oxygen atoms in total. The van der Waals surface area contributed by atoms with E-state index in [0.717, 1.165) is 36.3 Å². The van der Waals surface area contributed by atoms with E-state index < -0.39 is 0 Å². The zero-order valence-electron chi connectivity index (χ0n) is 13.3. The van der Waals surface area contributed by atoms with E-state index in [-0.39, 0.29) is 5.91 Å². The van der Waals surface area contributed by atoms with Gasteiger partial charge in [-0.05, 0) is 37.1 Å². The van der Waals surface area contributed by atoms with Crippen molar-refractivity contribution in [3.63, 3.8) is 0 Å². The first-order valence-corrected chi connectivity index (χ1v) is 8.64. The summed E-state index contributed by atoms with van der Waals surface area (Å²) in [5.74, 6) is 0.0211. The van der Waals surface area contributed by atoms with Crippen LogP contribution in [0.2, 0.25) is 0 Å². The molecule has 0 aliphatic rings. The number of unbranched alkanes of at least 4 members (excludes halogenated alkanes) is 2. The molecule has 0 atom stereocenters. The average molecular weight is 313 g/mol. The van der Waals surface area contributed by atoms with Crippen molar-refractivity contribution in [2.75, 3.05) is 6.54 Å². The number of carbonyl (C=O) groups is 1. The number of amides is 1. The minimum absolute atomic E-state index is 0.0211. The summed E-state index contributed by atoms with van der Waals surface area (Å²) in [6.45, 7) is 5.00. The first-order chi connectivity index (χ1) is 10.7. The van der Waals surface area contributed by atoms with Gasteiger partial charge in [0.05, 0.1) is 5.56 Å². The molecule has 1 N–H and O–H groups in total. The lowest BCUT2D eigenvalue weighted by Gasteiger charge is -2.11. The third kappa shape index (κ3) is 4.63. The van der Waals surface area contributed by atoms with Crippen LogP contribution in [0, 0.1) is 6.92 Å². The zero-order chi connectivity index (χ0) is 15.8. The molecule has 2 aromatic rings. The van der Waals surface area contributed by atoms with E-state index in [9.17, 15) is 4.79 Å². The van der Waals surface area contributed by atoms with Crippen molar-refractivity contribution < 1.29 is 4.79 Å². The van der Waals surface area contributed by atoms with E-state index in [1.54, 1.807) is 11.8 Å². The summed E-state index contributed by atoms with van der Waals surface area (Å²) in [7, 11) is 0. The minimum Gasteiger partial charge on any atom is -0.352 e. The van der Waals surface area contributed by atoms with Crippen molar-refractivity contribution in [1.29, 1.82) is 0 Å². The summed E-state index contributed by atoms with van der Waals surface area (Å²) in [5.41, 5.74) is 1.98. The fourth-order valence-corrected chi connectivity index (χ4v) is 3.23. The number of hydrogen-bond acceptors (Lipinski definition) is 2. The Morgan fingerprint density at radius 1 is 1.00 bits per heavy atom. The molecule has 116 valence electrons. The molecular weight excluding hydrogens is 290 g/mol. The van der Waals surface area contributed by atoms with Crippen LogP contribution in [0.3, 0.4) is 0 Å². The Hall–Kier alpha value is -1.74. The highest BCUT2D eigenvalue weighted by Crippen LogP contribution is 2.32. The van der Waals surface area contributed by atoms with Crippen molar-refractivity contribution in [2.45, 2.75) is 42.9 Å². The van der Waals surface area contributed by atoms with Crippen LogP contribution in [0.15, 0.2) is 58.3 Å². The summed E-state index contributed by atoms with van der Waals surface area (Å²) < 4.78 is 0. The van der Waals surface area contributed by atoms with E-state index >= 15 is 0 Å². The molecule has 0 aliphatic carbocycles. The highest BCUT2D eigenvalue weighted by atomic mass is 32.2. The standard InChI is InChI=1S/C19H23NOS/c1-3-4-9-14-20-19(21)16-11-6-8-13-18(16)22-17-12-7-5-10-15(17)2/h5-8,10-13H,3-4,9,14H2,1-2H3,(H,20,21). The summed E-state index contributed by atoms with van der Waals surface area (Å²) in [6.07, 6.45) is 3.35. The Labute approximate surface area is 137 Å². The van der Waals surface area contributed by atoms with Gasteiger partial charge in [-0.1, -0.05) is 61.9 Å². The van der Waals surface area contributed by atoms with Gasteiger partial charge in [0.15, 0.2) is 0 Å². The Kier molecular flexibility index (Phi) is 6.53. The summed E-state index contributed by atoms with van der Waals surface area (Å²) in [6, 6.07) is 16.1. The molecule has 0 spiro atoms. The topological polar surface area (TPSA) is 29.1 Å². The van der Waals surface area contributed by atoms with Gasteiger partial charge in [-0.2, -0.15) is 0 Å². The second-order valence-corrected chi connectivity index (χ2v) is 6.41. The van der Waals surface area contributed by atoms with Gasteiger partial charge in [-0.15, -0.1) is 0 Å². The molecule has 0 aliphatic heterocycles. The maximum absolute atomic E-state index is 12.4. The van der Waals surface area contributed by atoms with Gasteiger partial charge in [-0.3, -0.25) is 4.79 Å². The number of benzene rings is 2. The molecule has 0 unspecified atom stereocenters. The molecule has 2 aromatic carbocycles. The van der Waals surface area contributed by atoms with Crippen LogP contribution in [0.4, 0.5) is 0 Å². The normalized spacial score (nSPS) is 10.5. The minimum atomic E-state index is 0.0211. The quantitative estimate of drug-likeness (QED) is 0.723. The first-order valence-electron chi connectivity index (χ1n) is 7.83. The predicted octanol–water partition coefficient (Wildman–Crippen LogP) is 5.07. The van der Waals surface area contributed by atoms with Crippen LogP contribution < -0.4 is 5.32 Å². The second-order valence-electron chi connectivity index (χ2n) is 5.33. The van der Waals surface area contributed by atoms with Crippen LogP contribution in [0.1, 0.15) is 42.1 Å². The lowest BCUT2D eigenvalue weighted by Crippen LogP contribution is -2.24. The Bertz CT molecular complexity index is 624. The largest absolute Gasteiger partial charge is 0.352 e. The molecular formula is C19H23NOS. The highest BCUT2D eigenvalue weighted by Gasteiger charge is 2.12. The molecule has 2 rings (SSSR count). The molecule has 0 fully saturated rings. The zero-order valence-corrected chi connectivity index (χ0v) is 14.1. The Morgan fingerprint density at radius 3 is 2.41 bits per heavy atom. The Morgan fingerprint density at radius 2 is 1.68 bits per heavy atom. The number of carbonyl (C=O) groups excluding carboxylic acids is 1. The SMILES string of the molecule is CCCCCNC(=O)c1ccccc1Sc1ccccc1C. The number of hydrogen-bond donors (Lipinski definition) is 1. The number of rotatable bonds is 7. The fraction of sp³-hybridized carbons (Fsp3) is 0.316. The van der Waals surface area contributed by atoms with Crippen molar-refractivity contribution in [3.05, 3.63) is 59.7 Å². The van der Waals surface area contributed by atoms with Crippen LogP contribution >= 0.6 is 11.8 Å². The van der Waals surface area contributed by atoms with Gasteiger partial charge >= 0.3 is 0 Å². The van der Waals surface area contributed by atoms with Crippen molar-refractivity contribution in [1.82, 2.24) is 5.32 Å². The van der Waals surface area contributed by atoms with E-state index in [4.69, 9.17) is 0 Å².